The van der Waals surface area contributed by atoms with Crippen LogP contribution in [0.25, 0.3) is 0 Å². The molecule has 0 bridgehead atoms. The van der Waals surface area contributed by atoms with Crippen LogP contribution in [0.4, 0.5) is 11.4 Å². The van der Waals surface area contributed by atoms with Gasteiger partial charge in [-0.1, -0.05) is 5.57 Å². The number of hydrogen-bond acceptors (Lipinski definition) is 4. The summed E-state index contributed by atoms with van der Waals surface area (Å²) in [5.74, 6) is 1.70. The molecule has 148 valence electrons. The third-order valence-corrected chi connectivity index (χ3v) is 5.07. The highest BCUT2D eigenvalue weighted by molar-refractivity contribution is 6.06. The predicted molar refractivity (Wildman–Crippen MR) is 117 cm³/mol. The number of anilines is 2. The van der Waals surface area contributed by atoms with Gasteiger partial charge < -0.3 is 14.4 Å². The Morgan fingerprint density at radius 2 is 1.36 bits per heavy atom. The quantitative estimate of drug-likeness (QED) is 0.637. The molecule has 0 radical (unpaired) electrons. The molecule has 0 aliphatic carbocycles. The first-order valence-corrected chi connectivity index (χ1v) is 9.64. The lowest BCUT2D eigenvalue weighted by atomic mass is 9.95. The van der Waals surface area contributed by atoms with Crippen LogP contribution in [-0.2, 0) is 0 Å². The highest BCUT2D eigenvalue weighted by atomic mass is 16.5. The first kappa shape index (κ1) is 20.0. The van der Waals surface area contributed by atoms with Gasteiger partial charge in [-0.2, -0.15) is 0 Å². The monoisotopic (exact) mass is 378 g/mol. The molecule has 1 aliphatic heterocycles. The van der Waals surface area contributed by atoms with Crippen LogP contribution in [-0.4, -0.2) is 32.0 Å². The average molecular weight is 379 g/mol. The van der Waals surface area contributed by atoms with E-state index in [1.54, 1.807) is 14.2 Å². The number of rotatable bonds is 6. The number of ether oxygens (including phenoxy) is 2. The van der Waals surface area contributed by atoms with Gasteiger partial charge in [0.25, 0.3) is 0 Å². The molecular formula is C24H30N2O2. The number of hydrogen-bond donors (Lipinski definition) is 0. The third kappa shape index (κ3) is 4.38. The molecule has 0 aromatic heterocycles. The van der Waals surface area contributed by atoms with Gasteiger partial charge >= 0.3 is 0 Å². The molecule has 0 unspecified atom stereocenters. The summed E-state index contributed by atoms with van der Waals surface area (Å²) in [5, 5.41) is 0. The Labute approximate surface area is 168 Å². The van der Waals surface area contributed by atoms with Crippen LogP contribution in [0.15, 0.2) is 64.7 Å². The molecule has 1 aliphatic rings. The number of benzene rings is 2. The summed E-state index contributed by atoms with van der Waals surface area (Å²) in [7, 11) is 3.37. The van der Waals surface area contributed by atoms with Crippen LogP contribution in [0.2, 0.25) is 0 Å². The van der Waals surface area contributed by atoms with Gasteiger partial charge in [-0.3, -0.25) is 4.99 Å². The smallest absolute Gasteiger partial charge is 0.119 e. The second kappa shape index (κ2) is 8.09. The molecule has 0 N–H and O–H groups in total. The summed E-state index contributed by atoms with van der Waals surface area (Å²) in [5.41, 5.74) is 6.04. The summed E-state index contributed by atoms with van der Waals surface area (Å²) in [6.45, 7) is 9.49. The maximum absolute atomic E-state index is 5.33. The summed E-state index contributed by atoms with van der Waals surface area (Å²) >= 11 is 0. The summed E-state index contributed by atoms with van der Waals surface area (Å²) in [6, 6.07) is 16.3. The molecule has 3 rings (SSSR count). The van der Waals surface area contributed by atoms with Crippen LogP contribution < -0.4 is 14.4 Å². The van der Waals surface area contributed by atoms with Crippen LogP contribution in [0, 0.1) is 0 Å². The molecule has 2 aromatic carbocycles. The summed E-state index contributed by atoms with van der Waals surface area (Å²) in [4.78, 5) is 7.34. The molecule has 4 heteroatoms. The molecule has 0 atom stereocenters. The fraction of sp³-hybridized carbons (Fsp3) is 0.375. The van der Waals surface area contributed by atoms with E-state index in [4.69, 9.17) is 14.5 Å². The van der Waals surface area contributed by atoms with Crippen molar-refractivity contribution in [3.05, 3.63) is 59.7 Å². The lowest BCUT2D eigenvalue weighted by Gasteiger charge is -2.26. The minimum absolute atomic E-state index is 0.0482. The first-order valence-electron chi connectivity index (χ1n) is 9.64. The van der Waals surface area contributed by atoms with E-state index in [1.165, 1.54) is 11.1 Å². The van der Waals surface area contributed by atoms with E-state index in [2.05, 4.69) is 56.9 Å². The fourth-order valence-corrected chi connectivity index (χ4v) is 3.61. The molecule has 1 heterocycles. The van der Waals surface area contributed by atoms with E-state index in [0.717, 1.165) is 41.6 Å². The van der Waals surface area contributed by atoms with E-state index in [1.807, 2.05) is 24.3 Å². The van der Waals surface area contributed by atoms with Gasteiger partial charge in [-0.05, 0) is 88.2 Å². The Morgan fingerprint density at radius 3 is 1.75 bits per heavy atom. The number of aliphatic imine (C=N–C) groups is 1. The highest BCUT2D eigenvalue weighted by Gasteiger charge is 2.30. The predicted octanol–water partition coefficient (Wildman–Crippen LogP) is 5.80. The van der Waals surface area contributed by atoms with Crippen molar-refractivity contribution in [2.45, 2.75) is 39.7 Å². The lowest BCUT2D eigenvalue weighted by Crippen LogP contribution is -2.25. The topological polar surface area (TPSA) is 34.1 Å². The standard InChI is InChI=1S/C24H30N2O2/c1-17(2)22-15-24(3,4)25-23(22)16-26(18-7-11-20(27-5)12-8-18)19-9-13-21(28-6)14-10-19/h7-14H,15-16H2,1-6H3. The molecule has 0 amide bonds. The van der Waals surface area contributed by atoms with Gasteiger partial charge in [0.05, 0.1) is 32.0 Å². The second-order valence-electron chi connectivity index (χ2n) is 8.01. The largest absolute Gasteiger partial charge is 0.497 e. The average Bonchev–Trinajstić information content (AvgIpc) is 3.01. The van der Waals surface area contributed by atoms with E-state index in [0.29, 0.717) is 0 Å². The van der Waals surface area contributed by atoms with Crippen molar-refractivity contribution in [3.8, 4) is 11.5 Å². The Balaban J connectivity index is 2.01. The maximum atomic E-state index is 5.33. The minimum atomic E-state index is -0.0482. The van der Waals surface area contributed by atoms with Crippen molar-refractivity contribution in [1.82, 2.24) is 0 Å². The van der Waals surface area contributed by atoms with Crippen molar-refractivity contribution >= 4 is 17.1 Å². The zero-order chi connectivity index (χ0) is 20.3. The van der Waals surface area contributed by atoms with E-state index in [9.17, 15) is 0 Å². The van der Waals surface area contributed by atoms with Crippen molar-refractivity contribution in [1.29, 1.82) is 0 Å². The summed E-state index contributed by atoms with van der Waals surface area (Å²) < 4.78 is 10.7. The summed E-state index contributed by atoms with van der Waals surface area (Å²) in [6.07, 6.45) is 0.990. The molecule has 28 heavy (non-hydrogen) atoms. The SMILES string of the molecule is COc1ccc(N(CC2=NC(C)(C)CC2=C(C)C)c2ccc(OC)cc2)cc1. The normalized spacial score (nSPS) is 15.2. The first-order chi connectivity index (χ1) is 13.3. The molecule has 0 fully saturated rings. The van der Waals surface area contributed by atoms with E-state index < -0.39 is 0 Å². The Morgan fingerprint density at radius 1 is 0.893 bits per heavy atom. The van der Waals surface area contributed by atoms with Crippen LogP contribution in [0.1, 0.15) is 34.1 Å². The Kier molecular flexibility index (Phi) is 5.78. The van der Waals surface area contributed by atoms with Gasteiger partial charge in [0.15, 0.2) is 0 Å². The van der Waals surface area contributed by atoms with E-state index in [-0.39, 0.29) is 5.54 Å². The molecular weight excluding hydrogens is 348 g/mol. The lowest BCUT2D eigenvalue weighted by molar-refractivity contribution is 0.415. The molecule has 0 spiro atoms. The second-order valence-corrected chi connectivity index (χ2v) is 8.01. The number of allylic oxidation sites excluding steroid dienone is 1. The van der Waals surface area contributed by atoms with Crippen molar-refractivity contribution in [2.24, 2.45) is 4.99 Å². The number of methoxy groups -OCH3 is 2. The molecule has 0 saturated heterocycles. The van der Waals surface area contributed by atoms with Gasteiger partial charge in [0.2, 0.25) is 0 Å². The van der Waals surface area contributed by atoms with Gasteiger partial charge in [0.1, 0.15) is 11.5 Å². The van der Waals surface area contributed by atoms with Crippen LogP contribution in [0.5, 0.6) is 11.5 Å². The maximum Gasteiger partial charge on any atom is 0.119 e. The molecule has 4 nitrogen and oxygen atoms in total. The van der Waals surface area contributed by atoms with Crippen molar-refractivity contribution in [2.75, 3.05) is 25.7 Å². The Bertz CT molecular complexity index is 826. The highest BCUT2D eigenvalue weighted by Crippen LogP contribution is 2.34. The van der Waals surface area contributed by atoms with Crippen LogP contribution in [0.3, 0.4) is 0 Å². The van der Waals surface area contributed by atoms with Crippen molar-refractivity contribution in [3.63, 3.8) is 0 Å². The third-order valence-electron chi connectivity index (χ3n) is 5.07. The van der Waals surface area contributed by atoms with Gasteiger partial charge in [0, 0.05) is 11.4 Å². The van der Waals surface area contributed by atoms with Gasteiger partial charge in [-0.15, -0.1) is 0 Å². The fourth-order valence-electron chi connectivity index (χ4n) is 3.61. The molecule has 2 aromatic rings. The number of nitrogens with zero attached hydrogens (tertiary/aromatic N) is 2. The van der Waals surface area contributed by atoms with E-state index >= 15 is 0 Å². The zero-order valence-corrected chi connectivity index (χ0v) is 17.7. The van der Waals surface area contributed by atoms with Crippen molar-refractivity contribution < 1.29 is 9.47 Å². The van der Waals surface area contributed by atoms with Gasteiger partial charge in [-0.25, -0.2) is 0 Å². The van der Waals surface area contributed by atoms with Crippen LogP contribution >= 0.6 is 0 Å². The zero-order valence-electron chi connectivity index (χ0n) is 17.7. The minimum Gasteiger partial charge on any atom is -0.497 e. The Hall–Kier alpha value is -2.75. The molecule has 0 saturated carbocycles.